The first-order chi connectivity index (χ1) is 6.36. The van der Waals surface area contributed by atoms with Crippen molar-refractivity contribution >= 4 is 5.82 Å². The van der Waals surface area contributed by atoms with Crippen molar-refractivity contribution in [3.05, 3.63) is 23.9 Å². The van der Waals surface area contributed by atoms with Crippen molar-refractivity contribution < 1.29 is 0 Å². The van der Waals surface area contributed by atoms with Gasteiger partial charge in [-0.05, 0) is 31.2 Å². The molecule has 13 heavy (non-hydrogen) atoms. The molecule has 0 aliphatic carbocycles. The Balaban J connectivity index is 2.56. The van der Waals surface area contributed by atoms with Gasteiger partial charge in [0.1, 0.15) is 5.82 Å². The smallest absolute Gasteiger partial charge is 0.126 e. The Morgan fingerprint density at radius 1 is 1.46 bits per heavy atom. The van der Waals surface area contributed by atoms with Gasteiger partial charge in [0.15, 0.2) is 0 Å². The number of nitrogens with one attached hydrogen (secondary N) is 2. The van der Waals surface area contributed by atoms with Gasteiger partial charge in [-0.1, -0.05) is 6.92 Å². The van der Waals surface area contributed by atoms with Gasteiger partial charge in [0.25, 0.3) is 0 Å². The number of aromatic nitrogens is 1. The Hall–Kier alpha value is -1.09. The summed E-state index contributed by atoms with van der Waals surface area (Å²) in [6, 6.07) is 4.10. The third-order valence-corrected chi connectivity index (χ3v) is 1.76. The molecule has 0 amide bonds. The standard InChI is InChI=1S/C10H17N3/c1-3-5-12-10-7-9(8-11-2)4-6-13-10/h4,6-7,11H,3,5,8H2,1-2H3,(H,12,13). The quantitative estimate of drug-likeness (QED) is 0.721. The van der Waals surface area contributed by atoms with Gasteiger partial charge < -0.3 is 10.6 Å². The molecule has 0 saturated carbocycles. The second-order valence-corrected chi connectivity index (χ2v) is 3.01. The van der Waals surface area contributed by atoms with Crippen LogP contribution in [0.3, 0.4) is 0 Å². The Morgan fingerprint density at radius 2 is 2.31 bits per heavy atom. The van der Waals surface area contributed by atoms with E-state index in [-0.39, 0.29) is 0 Å². The first-order valence-corrected chi connectivity index (χ1v) is 4.70. The molecule has 0 bridgehead atoms. The topological polar surface area (TPSA) is 37.0 Å². The highest BCUT2D eigenvalue weighted by Crippen LogP contribution is 2.05. The van der Waals surface area contributed by atoms with Crippen LogP contribution in [-0.2, 0) is 6.54 Å². The average Bonchev–Trinajstić information content (AvgIpc) is 2.16. The fraction of sp³-hybridized carbons (Fsp3) is 0.500. The first kappa shape index (κ1) is 9.99. The Bertz CT molecular complexity index is 248. The van der Waals surface area contributed by atoms with E-state index in [1.807, 2.05) is 19.3 Å². The second-order valence-electron chi connectivity index (χ2n) is 3.01. The van der Waals surface area contributed by atoms with Crippen LogP contribution in [0.25, 0.3) is 0 Å². The summed E-state index contributed by atoms with van der Waals surface area (Å²) in [5.41, 5.74) is 1.26. The van der Waals surface area contributed by atoms with Crippen molar-refractivity contribution in [2.75, 3.05) is 18.9 Å². The van der Waals surface area contributed by atoms with E-state index in [9.17, 15) is 0 Å². The highest BCUT2D eigenvalue weighted by molar-refractivity contribution is 5.37. The molecule has 1 rings (SSSR count). The summed E-state index contributed by atoms with van der Waals surface area (Å²) in [5.74, 6) is 0.967. The summed E-state index contributed by atoms with van der Waals surface area (Å²) in [6.45, 7) is 4.02. The molecule has 3 nitrogen and oxygen atoms in total. The van der Waals surface area contributed by atoms with Crippen molar-refractivity contribution in [3.63, 3.8) is 0 Å². The van der Waals surface area contributed by atoms with Crippen LogP contribution in [-0.4, -0.2) is 18.6 Å². The van der Waals surface area contributed by atoms with Gasteiger partial charge in [-0.2, -0.15) is 0 Å². The Kier molecular flexibility index (Phi) is 4.26. The minimum atomic E-state index is 0.892. The third-order valence-electron chi connectivity index (χ3n) is 1.76. The van der Waals surface area contributed by atoms with Gasteiger partial charge in [0.05, 0.1) is 0 Å². The van der Waals surface area contributed by atoms with Gasteiger partial charge in [0, 0.05) is 19.3 Å². The lowest BCUT2D eigenvalue weighted by Crippen LogP contribution is -2.07. The molecule has 1 heterocycles. The Morgan fingerprint density at radius 3 is 3.00 bits per heavy atom. The average molecular weight is 179 g/mol. The van der Waals surface area contributed by atoms with E-state index in [0.29, 0.717) is 0 Å². The predicted molar refractivity (Wildman–Crippen MR) is 55.8 cm³/mol. The summed E-state index contributed by atoms with van der Waals surface area (Å²) in [7, 11) is 1.94. The predicted octanol–water partition coefficient (Wildman–Crippen LogP) is 1.62. The first-order valence-electron chi connectivity index (χ1n) is 4.70. The molecular formula is C10H17N3. The highest BCUT2D eigenvalue weighted by atomic mass is 15.0. The number of hydrogen-bond donors (Lipinski definition) is 2. The summed E-state index contributed by atoms with van der Waals surface area (Å²) in [5, 5.41) is 6.37. The zero-order valence-electron chi connectivity index (χ0n) is 8.30. The third kappa shape index (κ3) is 3.42. The van der Waals surface area contributed by atoms with Gasteiger partial charge >= 0.3 is 0 Å². The van der Waals surface area contributed by atoms with Crippen molar-refractivity contribution in [2.45, 2.75) is 19.9 Å². The van der Waals surface area contributed by atoms with E-state index >= 15 is 0 Å². The van der Waals surface area contributed by atoms with Crippen LogP contribution >= 0.6 is 0 Å². The van der Waals surface area contributed by atoms with Crippen LogP contribution in [0.15, 0.2) is 18.3 Å². The number of pyridine rings is 1. The molecule has 1 aromatic heterocycles. The largest absolute Gasteiger partial charge is 0.370 e. The van der Waals surface area contributed by atoms with Crippen LogP contribution in [0.5, 0.6) is 0 Å². The van der Waals surface area contributed by atoms with E-state index in [1.165, 1.54) is 5.56 Å². The summed E-state index contributed by atoms with van der Waals surface area (Å²) >= 11 is 0. The second kappa shape index (κ2) is 5.54. The van der Waals surface area contributed by atoms with Crippen LogP contribution in [0.4, 0.5) is 5.82 Å². The molecule has 0 aliphatic rings. The van der Waals surface area contributed by atoms with Crippen LogP contribution < -0.4 is 10.6 Å². The summed E-state index contributed by atoms with van der Waals surface area (Å²) in [6.07, 6.45) is 2.96. The van der Waals surface area contributed by atoms with Gasteiger partial charge in [0.2, 0.25) is 0 Å². The van der Waals surface area contributed by atoms with E-state index in [4.69, 9.17) is 0 Å². The summed E-state index contributed by atoms with van der Waals surface area (Å²) in [4.78, 5) is 4.22. The van der Waals surface area contributed by atoms with E-state index in [1.54, 1.807) is 0 Å². The molecule has 0 atom stereocenters. The molecule has 0 aromatic carbocycles. The fourth-order valence-electron chi connectivity index (χ4n) is 1.14. The maximum atomic E-state index is 4.22. The van der Waals surface area contributed by atoms with E-state index < -0.39 is 0 Å². The maximum absolute atomic E-state index is 4.22. The normalized spacial score (nSPS) is 10.0. The van der Waals surface area contributed by atoms with Gasteiger partial charge in [-0.25, -0.2) is 4.98 Å². The molecule has 0 aliphatic heterocycles. The minimum absolute atomic E-state index is 0.892. The number of nitrogens with zero attached hydrogens (tertiary/aromatic N) is 1. The van der Waals surface area contributed by atoms with E-state index in [2.05, 4.69) is 28.6 Å². The van der Waals surface area contributed by atoms with Crippen LogP contribution in [0.1, 0.15) is 18.9 Å². The monoisotopic (exact) mass is 179 g/mol. The molecule has 0 radical (unpaired) electrons. The SMILES string of the molecule is CCCNc1cc(CNC)ccn1. The summed E-state index contributed by atoms with van der Waals surface area (Å²) < 4.78 is 0. The van der Waals surface area contributed by atoms with Crippen molar-refractivity contribution in [1.29, 1.82) is 0 Å². The number of rotatable bonds is 5. The van der Waals surface area contributed by atoms with Crippen LogP contribution in [0.2, 0.25) is 0 Å². The zero-order valence-corrected chi connectivity index (χ0v) is 8.30. The molecule has 0 saturated heterocycles. The van der Waals surface area contributed by atoms with Crippen molar-refractivity contribution in [2.24, 2.45) is 0 Å². The van der Waals surface area contributed by atoms with Gasteiger partial charge in [-0.3, -0.25) is 0 Å². The molecule has 0 fully saturated rings. The zero-order chi connectivity index (χ0) is 9.52. The Labute approximate surface area is 79.6 Å². The molecule has 3 heteroatoms. The number of anilines is 1. The molecule has 0 spiro atoms. The van der Waals surface area contributed by atoms with Crippen molar-refractivity contribution in [1.82, 2.24) is 10.3 Å². The molecule has 0 unspecified atom stereocenters. The minimum Gasteiger partial charge on any atom is -0.370 e. The lowest BCUT2D eigenvalue weighted by Gasteiger charge is -2.05. The van der Waals surface area contributed by atoms with Crippen LogP contribution in [0, 0.1) is 0 Å². The number of hydrogen-bond acceptors (Lipinski definition) is 3. The highest BCUT2D eigenvalue weighted by Gasteiger charge is 1.94. The lowest BCUT2D eigenvalue weighted by atomic mass is 10.2. The molecule has 72 valence electrons. The molecule has 1 aromatic rings. The molecular weight excluding hydrogens is 162 g/mol. The fourth-order valence-corrected chi connectivity index (χ4v) is 1.14. The lowest BCUT2D eigenvalue weighted by molar-refractivity contribution is 0.816. The van der Waals surface area contributed by atoms with Gasteiger partial charge in [-0.15, -0.1) is 0 Å². The van der Waals surface area contributed by atoms with E-state index in [0.717, 1.165) is 25.3 Å². The molecule has 2 N–H and O–H groups in total. The van der Waals surface area contributed by atoms with Crippen molar-refractivity contribution in [3.8, 4) is 0 Å². The maximum Gasteiger partial charge on any atom is 0.126 e.